The van der Waals surface area contributed by atoms with Crippen LogP contribution in [-0.2, 0) is 0 Å². The molecule has 0 bridgehead atoms. The summed E-state index contributed by atoms with van der Waals surface area (Å²) in [5.41, 5.74) is 3.01. The van der Waals surface area contributed by atoms with Gasteiger partial charge in [-0.15, -0.1) is 0 Å². The van der Waals surface area contributed by atoms with Crippen LogP contribution in [0.15, 0.2) is 93.8 Å². The van der Waals surface area contributed by atoms with Gasteiger partial charge >= 0.3 is 0 Å². The average Bonchev–Trinajstić information content (AvgIpc) is 2.83. The second-order valence-corrected chi connectivity index (χ2v) is 7.85. The molecule has 0 aliphatic rings. The van der Waals surface area contributed by atoms with E-state index in [1.54, 1.807) is 24.3 Å². The Kier molecular flexibility index (Phi) is 3.20. The molecular weight excluding hydrogens is 404 g/mol. The fourth-order valence-corrected chi connectivity index (χ4v) is 4.50. The van der Waals surface area contributed by atoms with Gasteiger partial charge in [0.1, 0.15) is 0 Å². The number of nitrogens with zero attached hydrogens (tertiary/aromatic N) is 2. The first-order chi connectivity index (χ1) is 15.7. The summed E-state index contributed by atoms with van der Waals surface area (Å²) >= 11 is 0. The molecule has 0 N–H and O–H groups in total. The third-order valence-electron chi connectivity index (χ3n) is 6.06. The van der Waals surface area contributed by atoms with Gasteiger partial charge in [-0.1, -0.05) is 60.7 Å². The third kappa shape index (κ3) is 2.18. The Morgan fingerprint density at radius 1 is 0.500 bits per heavy atom. The van der Waals surface area contributed by atoms with Crippen LogP contribution in [0.3, 0.4) is 0 Å². The van der Waals surface area contributed by atoms with E-state index in [4.69, 9.17) is 8.83 Å². The van der Waals surface area contributed by atoms with Crippen molar-refractivity contribution in [1.82, 2.24) is 9.46 Å². The van der Waals surface area contributed by atoms with Crippen LogP contribution >= 0.6 is 0 Å². The zero-order valence-corrected chi connectivity index (χ0v) is 16.6. The fraction of sp³-hybridized carbons (Fsp3) is 0. The van der Waals surface area contributed by atoms with E-state index in [0.717, 1.165) is 31.0 Å². The summed E-state index contributed by atoms with van der Waals surface area (Å²) in [6.07, 6.45) is 0. The molecule has 0 amide bonds. The second kappa shape index (κ2) is 5.98. The first kappa shape index (κ1) is 17.1. The maximum Gasteiger partial charge on any atom is 0.158 e. The van der Waals surface area contributed by atoms with Crippen LogP contribution in [0.1, 0.15) is 0 Å². The minimum atomic E-state index is 0.295. The van der Waals surface area contributed by atoms with Crippen LogP contribution in [-0.4, -0.2) is 9.46 Å². The van der Waals surface area contributed by atoms with Crippen LogP contribution in [0.5, 0.6) is 0 Å². The number of rotatable bonds is 0. The van der Waals surface area contributed by atoms with Gasteiger partial charge in [0.25, 0.3) is 0 Å². The zero-order chi connectivity index (χ0) is 21.4. The summed E-state index contributed by atoms with van der Waals surface area (Å²) in [7, 11) is 0. The van der Waals surface area contributed by atoms with E-state index in [1.807, 2.05) is 60.7 Å². The minimum absolute atomic E-state index is 0.295. The molecule has 32 heavy (non-hydrogen) atoms. The number of benzene rings is 5. The standard InChI is InChI=1S/C26H14N2O4/c29-27-19-11-9-15-5-1-3-7-17(15)25(19)31-23-13-22-24(14-21(23)27)32-26-18-8-4-2-6-16(18)10-12-20(26)28(22)30/h1-14H/q-2. The molecule has 0 saturated heterocycles. The van der Waals surface area contributed by atoms with Gasteiger partial charge in [-0.05, 0) is 22.9 Å². The van der Waals surface area contributed by atoms with Crippen molar-refractivity contribution in [2.75, 3.05) is 0 Å². The third-order valence-corrected chi connectivity index (χ3v) is 6.06. The summed E-state index contributed by atoms with van der Waals surface area (Å²) < 4.78 is 14.0. The molecule has 6 heteroatoms. The summed E-state index contributed by atoms with van der Waals surface area (Å²) in [6, 6.07) is 25.9. The van der Waals surface area contributed by atoms with Gasteiger partial charge in [-0.3, -0.25) is 0 Å². The van der Waals surface area contributed by atoms with Crippen molar-refractivity contribution in [3.63, 3.8) is 0 Å². The molecule has 154 valence electrons. The first-order valence-corrected chi connectivity index (χ1v) is 10.2. The number of aromatic nitrogens is 2. The molecule has 0 radical (unpaired) electrons. The molecule has 2 aromatic heterocycles. The highest BCUT2D eigenvalue weighted by atomic mass is 16.5. The van der Waals surface area contributed by atoms with Gasteiger partial charge in [-0.2, -0.15) is 0 Å². The summed E-state index contributed by atoms with van der Waals surface area (Å²) in [4.78, 5) is 0. The predicted molar refractivity (Wildman–Crippen MR) is 127 cm³/mol. The Morgan fingerprint density at radius 3 is 1.41 bits per heavy atom. The predicted octanol–water partition coefficient (Wildman–Crippen LogP) is 7.21. The van der Waals surface area contributed by atoms with E-state index in [-0.39, 0.29) is 0 Å². The molecule has 0 atom stereocenters. The Morgan fingerprint density at radius 2 is 0.938 bits per heavy atom. The highest BCUT2D eigenvalue weighted by Gasteiger charge is 2.12. The van der Waals surface area contributed by atoms with E-state index in [9.17, 15) is 10.4 Å². The average molecular weight is 418 g/mol. The van der Waals surface area contributed by atoms with Crippen LogP contribution in [0.25, 0.3) is 65.9 Å². The fourth-order valence-electron chi connectivity index (χ4n) is 4.50. The largest absolute Gasteiger partial charge is 0.805 e. The highest BCUT2D eigenvalue weighted by molar-refractivity contribution is 6.07. The maximum absolute atomic E-state index is 13.3. The van der Waals surface area contributed by atoms with E-state index in [0.29, 0.717) is 44.4 Å². The number of hydrogen-bond donors (Lipinski definition) is 0. The smallest absolute Gasteiger partial charge is 0.158 e. The van der Waals surface area contributed by atoms with Gasteiger partial charge in [-0.25, -0.2) is 0 Å². The Hall–Kier alpha value is -4.58. The topological polar surface area (TPSA) is 82.3 Å². The van der Waals surface area contributed by atoms with Crippen molar-refractivity contribution in [3.8, 4) is 0 Å². The van der Waals surface area contributed by atoms with E-state index >= 15 is 0 Å². The maximum atomic E-state index is 13.3. The molecule has 0 aliphatic carbocycles. The molecule has 0 unspecified atom stereocenters. The Labute approximate surface area is 179 Å². The number of hydrogen-bond acceptors (Lipinski definition) is 4. The monoisotopic (exact) mass is 418 g/mol. The molecule has 5 aromatic carbocycles. The quantitative estimate of drug-likeness (QED) is 0.192. The molecule has 0 saturated carbocycles. The lowest BCUT2D eigenvalue weighted by atomic mass is 10.1. The summed E-state index contributed by atoms with van der Waals surface area (Å²) in [5, 5.41) is 30.1. The lowest BCUT2D eigenvalue weighted by Crippen LogP contribution is -1.98. The molecule has 7 aromatic rings. The minimum Gasteiger partial charge on any atom is -0.805 e. The van der Waals surface area contributed by atoms with E-state index in [2.05, 4.69) is 0 Å². The number of fused-ring (bicyclic) bond motifs is 8. The van der Waals surface area contributed by atoms with Gasteiger partial charge in [0.2, 0.25) is 0 Å². The Bertz CT molecular complexity index is 1770. The Balaban J connectivity index is 1.66. The normalized spacial score (nSPS) is 12.0. The molecule has 0 aliphatic heterocycles. The zero-order valence-electron chi connectivity index (χ0n) is 16.6. The van der Waals surface area contributed by atoms with Crippen molar-refractivity contribution in [2.45, 2.75) is 0 Å². The van der Waals surface area contributed by atoms with Crippen molar-refractivity contribution in [2.24, 2.45) is 0 Å². The lowest BCUT2D eigenvalue weighted by Gasteiger charge is -2.22. The van der Waals surface area contributed by atoms with Gasteiger partial charge in [0.15, 0.2) is 22.3 Å². The van der Waals surface area contributed by atoms with Crippen molar-refractivity contribution >= 4 is 65.9 Å². The van der Waals surface area contributed by atoms with E-state index < -0.39 is 0 Å². The van der Waals surface area contributed by atoms with Crippen LogP contribution < -0.4 is 0 Å². The molecule has 7 rings (SSSR count). The molecule has 6 nitrogen and oxygen atoms in total. The van der Waals surface area contributed by atoms with Crippen molar-refractivity contribution in [3.05, 3.63) is 95.3 Å². The van der Waals surface area contributed by atoms with Crippen molar-refractivity contribution in [1.29, 1.82) is 0 Å². The van der Waals surface area contributed by atoms with Crippen LogP contribution in [0.2, 0.25) is 0 Å². The molecule has 0 spiro atoms. The molecular formula is C26H14N2O4-2. The van der Waals surface area contributed by atoms with Gasteiger partial charge < -0.3 is 28.7 Å². The SMILES string of the molecule is [O-]n1c2cc3oc4c5ccccc5ccc4n([O-])c3cc2oc2c3ccccc3ccc21. The molecule has 2 heterocycles. The summed E-state index contributed by atoms with van der Waals surface area (Å²) in [6.45, 7) is 0. The van der Waals surface area contributed by atoms with E-state index in [1.165, 1.54) is 0 Å². The van der Waals surface area contributed by atoms with Gasteiger partial charge in [0, 0.05) is 22.9 Å². The second-order valence-electron chi connectivity index (χ2n) is 7.85. The first-order valence-electron chi connectivity index (χ1n) is 10.2. The van der Waals surface area contributed by atoms with Crippen molar-refractivity contribution < 1.29 is 8.83 Å². The van der Waals surface area contributed by atoms with Crippen LogP contribution in [0, 0.1) is 10.4 Å². The summed E-state index contributed by atoms with van der Waals surface area (Å²) in [5.74, 6) is 0. The highest BCUT2D eigenvalue weighted by Crippen LogP contribution is 2.34. The molecule has 0 fully saturated rings. The lowest BCUT2D eigenvalue weighted by molar-refractivity contribution is 0.647. The van der Waals surface area contributed by atoms with Crippen LogP contribution in [0.4, 0.5) is 0 Å². The van der Waals surface area contributed by atoms with Gasteiger partial charge in [0.05, 0.1) is 22.1 Å².